The first-order chi connectivity index (χ1) is 9.34. The molecule has 2 heteroatoms. The largest absolute Gasteiger partial charge is 0.316 e. The Labute approximate surface area is 113 Å². The molecule has 1 nitrogen and oxygen atoms in total. The van der Waals surface area contributed by atoms with Crippen molar-refractivity contribution in [3.8, 4) is 0 Å². The van der Waals surface area contributed by atoms with Crippen molar-refractivity contribution in [1.29, 1.82) is 0 Å². The molecule has 1 N–H and O–H groups in total. The van der Waals surface area contributed by atoms with Crippen LogP contribution < -0.4 is 5.32 Å². The van der Waals surface area contributed by atoms with Gasteiger partial charge in [0.05, 0.1) is 0 Å². The van der Waals surface area contributed by atoms with Crippen molar-refractivity contribution in [2.24, 2.45) is 0 Å². The zero-order chi connectivity index (χ0) is 13.1. The van der Waals surface area contributed by atoms with E-state index in [1.54, 1.807) is 6.07 Å². The summed E-state index contributed by atoms with van der Waals surface area (Å²) >= 11 is 0. The minimum absolute atomic E-state index is 0.0988. The first-order valence-corrected chi connectivity index (χ1v) is 6.86. The standard InChI is InChI=1S/C17H18FN/c18-17-8-4-2-5-13(17)9-10-19-12-15-11-14-6-1-3-7-16(14)15/h1-8,15,19H,9-12H2. The molecular formula is C17H18FN. The van der Waals surface area contributed by atoms with E-state index in [-0.39, 0.29) is 5.82 Å². The average Bonchev–Trinajstić information content (AvgIpc) is 2.41. The highest BCUT2D eigenvalue weighted by Crippen LogP contribution is 2.33. The van der Waals surface area contributed by atoms with Crippen molar-refractivity contribution in [3.63, 3.8) is 0 Å². The topological polar surface area (TPSA) is 12.0 Å². The van der Waals surface area contributed by atoms with Gasteiger partial charge in [0.25, 0.3) is 0 Å². The van der Waals surface area contributed by atoms with Gasteiger partial charge in [-0.05, 0) is 42.1 Å². The fourth-order valence-corrected chi connectivity index (χ4v) is 2.75. The maximum atomic E-state index is 13.4. The highest BCUT2D eigenvalue weighted by atomic mass is 19.1. The molecule has 98 valence electrons. The van der Waals surface area contributed by atoms with Gasteiger partial charge in [0, 0.05) is 12.5 Å². The molecule has 0 aromatic heterocycles. The van der Waals surface area contributed by atoms with Crippen molar-refractivity contribution in [2.45, 2.75) is 18.8 Å². The minimum Gasteiger partial charge on any atom is -0.316 e. The van der Waals surface area contributed by atoms with E-state index in [9.17, 15) is 4.39 Å². The van der Waals surface area contributed by atoms with Gasteiger partial charge < -0.3 is 5.32 Å². The van der Waals surface area contributed by atoms with Crippen molar-refractivity contribution in [3.05, 3.63) is 71.0 Å². The number of halogens is 1. The molecule has 0 heterocycles. The molecule has 0 bridgehead atoms. The van der Waals surface area contributed by atoms with Crippen LogP contribution in [0.4, 0.5) is 4.39 Å². The summed E-state index contributed by atoms with van der Waals surface area (Å²) in [5.74, 6) is 0.537. The van der Waals surface area contributed by atoms with E-state index in [4.69, 9.17) is 0 Å². The number of benzene rings is 2. The van der Waals surface area contributed by atoms with E-state index in [1.807, 2.05) is 12.1 Å². The molecular weight excluding hydrogens is 237 g/mol. The summed E-state index contributed by atoms with van der Waals surface area (Å²) in [7, 11) is 0. The van der Waals surface area contributed by atoms with Crippen molar-refractivity contribution < 1.29 is 4.39 Å². The summed E-state index contributed by atoms with van der Waals surface area (Å²) in [4.78, 5) is 0. The second-order valence-electron chi connectivity index (χ2n) is 5.15. The van der Waals surface area contributed by atoms with E-state index in [1.165, 1.54) is 23.6 Å². The zero-order valence-electron chi connectivity index (χ0n) is 10.9. The van der Waals surface area contributed by atoms with Gasteiger partial charge in [0.15, 0.2) is 0 Å². The molecule has 1 unspecified atom stereocenters. The molecule has 2 aromatic carbocycles. The fraction of sp³-hybridized carbons (Fsp3) is 0.294. The molecule has 0 saturated heterocycles. The van der Waals surface area contributed by atoms with Gasteiger partial charge in [-0.15, -0.1) is 0 Å². The second kappa shape index (κ2) is 5.54. The van der Waals surface area contributed by atoms with E-state index in [0.717, 1.165) is 25.1 Å². The molecule has 0 amide bonds. The van der Waals surface area contributed by atoms with Gasteiger partial charge in [-0.25, -0.2) is 4.39 Å². The molecule has 1 atom stereocenters. The molecule has 19 heavy (non-hydrogen) atoms. The maximum absolute atomic E-state index is 13.4. The molecule has 0 saturated carbocycles. The maximum Gasteiger partial charge on any atom is 0.126 e. The van der Waals surface area contributed by atoms with Gasteiger partial charge in [-0.1, -0.05) is 42.5 Å². The van der Waals surface area contributed by atoms with E-state index >= 15 is 0 Å². The Balaban J connectivity index is 1.45. The SMILES string of the molecule is Fc1ccccc1CCNCC1Cc2ccccc21. The minimum atomic E-state index is -0.0988. The molecule has 0 aliphatic heterocycles. The van der Waals surface area contributed by atoms with Crippen LogP contribution in [0.3, 0.4) is 0 Å². The lowest BCUT2D eigenvalue weighted by atomic mass is 9.77. The van der Waals surface area contributed by atoms with Crippen LogP contribution in [0.5, 0.6) is 0 Å². The lowest BCUT2D eigenvalue weighted by Gasteiger charge is -2.30. The number of hydrogen-bond donors (Lipinski definition) is 1. The third-order valence-electron chi connectivity index (χ3n) is 3.88. The summed E-state index contributed by atoms with van der Waals surface area (Å²) in [6, 6.07) is 15.6. The van der Waals surface area contributed by atoms with Crippen LogP contribution >= 0.6 is 0 Å². The Morgan fingerprint density at radius 1 is 1.05 bits per heavy atom. The monoisotopic (exact) mass is 255 g/mol. The first-order valence-electron chi connectivity index (χ1n) is 6.86. The Morgan fingerprint density at radius 3 is 2.68 bits per heavy atom. The third kappa shape index (κ3) is 2.69. The Hall–Kier alpha value is -1.67. The van der Waals surface area contributed by atoms with Gasteiger partial charge in [-0.3, -0.25) is 0 Å². The normalized spacial score (nSPS) is 16.8. The molecule has 3 rings (SSSR count). The van der Waals surface area contributed by atoms with Crippen LogP contribution in [-0.4, -0.2) is 13.1 Å². The lowest BCUT2D eigenvalue weighted by Crippen LogP contribution is -2.30. The lowest BCUT2D eigenvalue weighted by molar-refractivity contribution is 0.532. The average molecular weight is 255 g/mol. The number of nitrogens with one attached hydrogen (secondary N) is 1. The van der Waals surface area contributed by atoms with Crippen molar-refractivity contribution in [1.82, 2.24) is 5.32 Å². The summed E-state index contributed by atoms with van der Waals surface area (Å²) in [5, 5.41) is 3.44. The Kier molecular flexibility index (Phi) is 3.60. The van der Waals surface area contributed by atoms with Crippen LogP contribution in [-0.2, 0) is 12.8 Å². The molecule has 0 fully saturated rings. The summed E-state index contributed by atoms with van der Waals surface area (Å²) in [6.45, 7) is 1.82. The Morgan fingerprint density at radius 2 is 1.84 bits per heavy atom. The van der Waals surface area contributed by atoms with Crippen LogP contribution in [0, 0.1) is 5.82 Å². The van der Waals surface area contributed by atoms with Gasteiger partial charge in [0.2, 0.25) is 0 Å². The molecule has 0 radical (unpaired) electrons. The second-order valence-corrected chi connectivity index (χ2v) is 5.15. The van der Waals surface area contributed by atoms with E-state index in [0.29, 0.717) is 5.92 Å². The molecule has 2 aromatic rings. The van der Waals surface area contributed by atoms with Crippen molar-refractivity contribution >= 4 is 0 Å². The number of fused-ring (bicyclic) bond motifs is 1. The molecule has 1 aliphatic rings. The van der Waals surface area contributed by atoms with Crippen LogP contribution in [0.1, 0.15) is 22.6 Å². The third-order valence-corrected chi connectivity index (χ3v) is 3.88. The van der Waals surface area contributed by atoms with Crippen LogP contribution in [0.15, 0.2) is 48.5 Å². The summed E-state index contributed by atoms with van der Waals surface area (Å²) in [5.41, 5.74) is 3.74. The predicted octanol–water partition coefficient (Wildman–Crippen LogP) is 3.30. The van der Waals surface area contributed by atoms with Gasteiger partial charge in [0.1, 0.15) is 5.82 Å². The fourth-order valence-electron chi connectivity index (χ4n) is 2.75. The van der Waals surface area contributed by atoms with Crippen LogP contribution in [0.25, 0.3) is 0 Å². The molecule has 1 aliphatic carbocycles. The smallest absolute Gasteiger partial charge is 0.126 e. The van der Waals surface area contributed by atoms with Gasteiger partial charge in [-0.2, -0.15) is 0 Å². The van der Waals surface area contributed by atoms with E-state index in [2.05, 4.69) is 29.6 Å². The zero-order valence-corrected chi connectivity index (χ0v) is 10.9. The quantitative estimate of drug-likeness (QED) is 0.808. The Bertz CT molecular complexity index is 565. The highest BCUT2D eigenvalue weighted by molar-refractivity contribution is 5.40. The van der Waals surface area contributed by atoms with Gasteiger partial charge >= 0.3 is 0 Å². The number of rotatable bonds is 5. The summed E-state index contributed by atoms with van der Waals surface area (Å²) in [6.07, 6.45) is 1.92. The van der Waals surface area contributed by atoms with Crippen LogP contribution in [0.2, 0.25) is 0 Å². The summed E-state index contributed by atoms with van der Waals surface area (Å²) < 4.78 is 13.4. The predicted molar refractivity (Wildman–Crippen MR) is 75.9 cm³/mol. The first kappa shape index (κ1) is 12.4. The highest BCUT2D eigenvalue weighted by Gasteiger charge is 2.24. The number of hydrogen-bond acceptors (Lipinski definition) is 1. The van der Waals surface area contributed by atoms with E-state index < -0.39 is 0 Å². The van der Waals surface area contributed by atoms with Crippen molar-refractivity contribution in [2.75, 3.05) is 13.1 Å². The molecule has 0 spiro atoms.